The van der Waals surface area contributed by atoms with Crippen molar-refractivity contribution in [2.24, 2.45) is 0 Å². The van der Waals surface area contributed by atoms with E-state index in [1.807, 2.05) is 6.92 Å². The molecule has 1 aromatic heterocycles. The fraction of sp³-hybridized carbons (Fsp3) is 0.250. The quantitative estimate of drug-likeness (QED) is 0.829. The number of methoxy groups -OCH3 is 1. The van der Waals surface area contributed by atoms with Crippen LogP contribution >= 0.6 is 0 Å². The highest BCUT2D eigenvalue weighted by Gasteiger charge is 2.12. The average Bonchev–Trinajstić information content (AvgIpc) is 3.07. The lowest BCUT2D eigenvalue weighted by molar-refractivity contribution is -0.123. The van der Waals surface area contributed by atoms with Crippen molar-refractivity contribution in [3.05, 3.63) is 54.0 Å². The van der Waals surface area contributed by atoms with Gasteiger partial charge in [-0.1, -0.05) is 0 Å². The first-order chi connectivity index (χ1) is 10.6. The third kappa shape index (κ3) is 4.12. The van der Waals surface area contributed by atoms with Gasteiger partial charge in [-0.25, -0.2) is 4.79 Å². The number of esters is 1. The molecule has 0 unspecified atom stereocenters. The molecule has 0 aliphatic heterocycles. The highest BCUT2D eigenvalue weighted by atomic mass is 16.5. The zero-order chi connectivity index (χ0) is 15.9. The van der Waals surface area contributed by atoms with E-state index in [-0.39, 0.29) is 18.6 Å². The second-order valence-electron chi connectivity index (χ2n) is 4.61. The second kappa shape index (κ2) is 7.31. The van der Waals surface area contributed by atoms with Gasteiger partial charge in [-0.15, -0.1) is 0 Å². The number of carbonyl (C=O) groups is 2. The van der Waals surface area contributed by atoms with Gasteiger partial charge in [-0.05, 0) is 43.3 Å². The molecule has 1 aromatic carbocycles. The number of hydrogen-bond donors (Lipinski definition) is 1. The molecule has 0 spiro atoms. The summed E-state index contributed by atoms with van der Waals surface area (Å²) in [6, 6.07) is 9.68. The monoisotopic (exact) mass is 303 g/mol. The van der Waals surface area contributed by atoms with Crippen molar-refractivity contribution < 1.29 is 23.5 Å². The lowest BCUT2D eigenvalue weighted by atomic mass is 10.2. The van der Waals surface area contributed by atoms with E-state index in [1.165, 1.54) is 7.11 Å². The average molecular weight is 303 g/mol. The maximum absolute atomic E-state index is 11.8. The largest absolute Gasteiger partial charge is 0.484 e. The number of carbonyl (C=O) groups excluding carboxylic acids is 2. The Bertz CT molecular complexity index is 618. The van der Waals surface area contributed by atoms with Crippen LogP contribution in [0, 0.1) is 0 Å². The minimum atomic E-state index is -0.420. The minimum Gasteiger partial charge on any atom is -0.484 e. The third-order valence-corrected chi connectivity index (χ3v) is 2.99. The molecule has 22 heavy (non-hydrogen) atoms. The van der Waals surface area contributed by atoms with Crippen molar-refractivity contribution in [3.63, 3.8) is 0 Å². The Morgan fingerprint density at radius 3 is 2.55 bits per heavy atom. The first-order valence-electron chi connectivity index (χ1n) is 6.74. The Labute approximate surface area is 128 Å². The molecule has 0 bridgehead atoms. The van der Waals surface area contributed by atoms with Crippen molar-refractivity contribution in [2.45, 2.75) is 13.0 Å². The SMILES string of the molecule is COC(=O)c1ccc(OCC(=O)N[C@@H](C)c2ccco2)cc1. The maximum atomic E-state index is 11.8. The van der Waals surface area contributed by atoms with Gasteiger partial charge < -0.3 is 19.2 Å². The van der Waals surface area contributed by atoms with Crippen molar-refractivity contribution in [3.8, 4) is 5.75 Å². The van der Waals surface area contributed by atoms with Crippen molar-refractivity contribution >= 4 is 11.9 Å². The van der Waals surface area contributed by atoms with E-state index >= 15 is 0 Å². The van der Waals surface area contributed by atoms with Crippen molar-refractivity contribution in [1.82, 2.24) is 5.32 Å². The van der Waals surface area contributed by atoms with Crippen LogP contribution in [0.15, 0.2) is 47.1 Å². The van der Waals surface area contributed by atoms with Gasteiger partial charge in [0.15, 0.2) is 6.61 Å². The first-order valence-corrected chi connectivity index (χ1v) is 6.74. The molecule has 1 N–H and O–H groups in total. The minimum absolute atomic E-state index is 0.122. The van der Waals surface area contributed by atoms with E-state index in [0.717, 1.165) is 0 Å². The third-order valence-electron chi connectivity index (χ3n) is 2.99. The van der Waals surface area contributed by atoms with Crippen LogP contribution in [0.4, 0.5) is 0 Å². The molecular formula is C16H17NO5. The van der Waals surface area contributed by atoms with Gasteiger partial charge in [0.1, 0.15) is 11.5 Å². The smallest absolute Gasteiger partial charge is 0.337 e. The van der Waals surface area contributed by atoms with E-state index in [1.54, 1.807) is 42.7 Å². The van der Waals surface area contributed by atoms with Crippen LogP contribution in [0.1, 0.15) is 29.1 Å². The van der Waals surface area contributed by atoms with Gasteiger partial charge >= 0.3 is 5.97 Å². The Morgan fingerprint density at radius 1 is 1.23 bits per heavy atom. The molecule has 2 aromatic rings. The molecule has 116 valence electrons. The van der Waals surface area contributed by atoms with E-state index in [2.05, 4.69) is 10.1 Å². The molecule has 0 saturated carbocycles. The molecule has 1 atom stereocenters. The summed E-state index contributed by atoms with van der Waals surface area (Å²) in [5.41, 5.74) is 0.422. The number of hydrogen-bond acceptors (Lipinski definition) is 5. The zero-order valence-corrected chi connectivity index (χ0v) is 12.4. The molecule has 1 heterocycles. The summed E-state index contributed by atoms with van der Waals surface area (Å²) < 4.78 is 15.2. The Kier molecular flexibility index (Phi) is 5.19. The molecular weight excluding hydrogens is 286 g/mol. The standard InChI is InChI=1S/C16H17NO5/c1-11(14-4-3-9-21-14)17-15(18)10-22-13-7-5-12(6-8-13)16(19)20-2/h3-9,11H,10H2,1-2H3,(H,17,18)/t11-/m0/s1. The van der Waals surface area contributed by atoms with Gasteiger partial charge in [0.05, 0.1) is 25.0 Å². The predicted molar refractivity (Wildman–Crippen MR) is 78.5 cm³/mol. The lowest BCUT2D eigenvalue weighted by Gasteiger charge is -2.12. The van der Waals surface area contributed by atoms with Crippen LogP contribution in [0.2, 0.25) is 0 Å². The summed E-state index contributed by atoms with van der Waals surface area (Å²) >= 11 is 0. The highest BCUT2D eigenvalue weighted by Crippen LogP contribution is 2.14. The van der Waals surface area contributed by atoms with E-state index < -0.39 is 5.97 Å². The Morgan fingerprint density at radius 2 is 1.95 bits per heavy atom. The highest BCUT2D eigenvalue weighted by molar-refractivity contribution is 5.89. The first kappa shape index (κ1) is 15.6. The van der Waals surface area contributed by atoms with Gasteiger partial charge in [0.25, 0.3) is 5.91 Å². The molecule has 0 fully saturated rings. The number of ether oxygens (including phenoxy) is 2. The zero-order valence-electron chi connectivity index (χ0n) is 12.4. The summed E-state index contributed by atoms with van der Waals surface area (Å²) in [4.78, 5) is 23.1. The summed E-state index contributed by atoms with van der Waals surface area (Å²) in [5.74, 6) is 0.488. The van der Waals surface area contributed by atoms with Crippen LogP contribution in [-0.4, -0.2) is 25.6 Å². The fourth-order valence-corrected chi connectivity index (χ4v) is 1.85. The number of nitrogens with one attached hydrogen (secondary N) is 1. The van der Waals surface area contributed by atoms with Gasteiger partial charge in [0, 0.05) is 0 Å². The number of benzene rings is 1. The lowest BCUT2D eigenvalue weighted by Crippen LogP contribution is -2.31. The van der Waals surface area contributed by atoms with Crippen molar-refractivity contribution in [1.29, 1.82) is 0 Å². The second-order valence-corrected chi connectivity index (χ2v) is 4.61. The van der Waals surface area contributed by atoms with Crippen LogP contribution in [-0.2, 0) is 9.53 Å². The maximum Gasteiger partial charge on any atom is 0.337 e. The normalized spacial score (nSPS) is 11.5. The topological polar surface area (TPSA) is 77.8 Å². The van der Waals surface area contributed by atoms with Crippen LogP contribution in [0.25, 0.3) is 0 Å². The fourth-order valence-electron chi connectivity index (χ4n) is 1.85. The van der Waals surface area contributed by atoms with E-state index in [4.69, 9.17) is 9.15 Å². The summed E-state index contributed by atoms with van der Waals surface area (Å²) in [6.45, 7) is 1.70. The summed E-state index contributed by atoms with van der Waals surface area (Å²) in [6.07, 6.45) is 1.55. The predicted octanol–water partition coefficient (Wildman–Crippen LogP) is 2.32. The Balaban J connectivity index is 1.82. The molecule has 6 heteroatoms. The molecule has 2 rings (SSSR count). The summed E-state index contributed by atoms with van der Waals surface area (Å²) in [5, 5.41) is 2.76. The van der Waals surface area contributed by atoms with E-state index in [9.17, 15) is 9.59 Å². The molecule has 0 aliphatic carbocycles. The molecule has 0 radical (unpaired) electrons. The molecule has 0 saturated heterocycles. The molecule has 0 aliphatic rings. The Hall–Kier alpha value is -2.76. The molecule has 1 amide bonds. The summed E-state index contributed by atoms with van der Waals surface area (Å²) in [7, 11) is 1.32. The van der Waals surface area contributed by atoms with Gasteiger partial charge in [-0.2, -0.15) is 0 Å². The molecule has 6 nitrogen and oxygen atoms in total. The van der Waals surface area contributed by atoms with Crippen molar-refractivity contribution in [2.75, 3.05) is 13.7 Å². The van der Waals surface area contributed by atoms with Crippen LogP contribution in [0.3, 0.4) is 0 Å². The van der Waals surface area contributed by atoms with Gasteiger partial charge in [-0.3, -0.25) is 4.79 Å². The van der Waals surface area contributed by atoms with E-state index in [0.29, 0.717) is 17.1 Å². The van der Waals surface area contributed by atoms with Crippen LogP contribution < -0.4 is 10.1 Å². The number of amides is 1. The number of furan rings is 1. The number of rotatable bonds is 6. The van der Waals surface area contributed by atoms with Crippen LogP contribution in [0.5, 0.6) is 5.75 Å². The van der Waals surface area contributed by atoms with Gasteiger partial charge in [0.2, 0.25) is 0 Å².